The molecule has 1 amide bonds. The third-order valence-electron chi connectivity index (χ3n) is 4.53. The predicted octanol–water partition coefficient (Wildman–Crippen LogP) is 0.417. The second kappa shape index (κ2) is 5.90. The zero-order valence-corrected chi connectivity index (χ0v) is 13.6. The molecule has 1 saturated carbocycles. The number of nitrogens with one attached hydrogen (secondary N) is 1. The van der Waals surface area contributed by atoms with Crippen LogP contribution in [0, 0.1) is 0 Å². The van der Waals surface area contributed by atoms with E-state index in [4.69, 9.17) is 4.74 Å². The van der Waals surface area contributed by atoms with Crippen molar-refractivity contribution in [3.05, 3.63) is 34.6 Å². The number of ether oxygens (including phenoxy) is 1. The molecule has 4 rings (SSSR count). The Bertz CT molecular complexity index is 843. The van der Waals surface area contributed by atoms with E-state index in [1.165, 1.54) is 0 Å². The highest BCUT2D eigenvalue weighted by Gasteiger charge is 2.32. The number of amides is 1. The van der Waals surface area contributed by atoms with Crippen LogP contribution in [-0.4, -0.2) is 47.3 Å². The minimum Gasteiger partial charge on any atom is -0.365 e. The fourth-order valence-electron chi connectivity index (χ4n) is 3.00. The molecule has 1 N–H and O–H groups in total. The van der Waals surface area contributed by atoms with Crippen molar-refractivity contribution in [2.45, 2.75) is 25.0 Å². The average Bonchev–Trinajstić information content (AvgIpc) is 3.42. The molecule has 0 bridgehead atoms. The lowest BCUT2D eigenvalue weighted by Gasteiger charge is -2.33. The van der Waals surface area contributed by atoms with Gasteiger partial charge in [0.1, 0.15) is 0 Å². The third kappa shape index (κ3) is 2.75. The fraction of sp³-hybridized carbons (Fsp3) is 0.471. The van der Waals surface area contributed by atoms with Crippen molar-refractivity contribution in [3.63, 3.8) is 0 Å². The van der Waals surface area contributed by atoms with E-state index in [0.29, 0.717) is 42.6 Å². The number of para-hydroxylation sites is 1. The number of carbonyl (C=O) groups excluding carboxylic acids is 1. The molecule has 1 aromatic carbocycles. The number of morpholine rings is 1. The average molecular weight is 328 g/mol. The summed E-state index contributed by atoms with van der Waals surface area (Å²) in [5.74, 6) is 0.499. The SMILES string of the molecule is Cn1c(N2CCOC(C(=O)NC3CC3)C2)nc2ccccc2c1=O. The van der Waals surface area contributed by atoms with E-state index in [1.54, 1.807) is 17.7 Å². The van der Waals surface area contributed by atoms with Gasteiger partial charge in [0.05, 0.1) is 24.1 Å². The van der Waals surface area contributed by atoms with Gasteiger partial charge in [0.25, 0.3) is 11.5 Å². The van der Waals surface area contributed by atoms with Crippen molar-refractivity contribution in [1.82, 2.24) is 14.9 Å². The number of hydrogen-bond acceptors (Lipinski definition) is 5. The number of fused-ring (bicyclic) bond motifs is 1. The summed E-state index contributed by atoms with van der Waals surface area (Å²) in [6.45, 7) is 1.44. The van der Waals surface area contributed by atoms with Gasteiger partial charge >= 0.3 is 0 Å². The Balaban J connectivity index is 1.62. The summed E-state index contributed by atoms with van der Waals surface area (Å²) in [5.41, 5.74) is 0.585. The van der Waals surface area contributed by atoms with Gasteiger partial charge in [-0.15, -0.1) is 0 Å². The van der Waals surface area contributed by atoms with Crippen LogP contribution < -0.4 is 15.8 Å². The summed E-state index contributed by atoms with van der Waals surface area (Å²) in [6, 6.07) is 7.61. The number of aromatic nitrogens is 2. The molecule has 2 heterocycles. The third-order valence-corrected chi connectivity index (χ3v) is 4.53. The Kier molecular flexibility index (Phi) is 3.72. The zero-order valence-electron chi connectivity index (χ0n) is 13.6. The second-order valence-electron chi connectivity index (χ2n) is 6.38. The van der Waals surface area contributed by atoms with Gasteiger partial charge in [0, 0.05) is 19.6 Å². The molecular formula is C17H20N4O3. The van der Waals surface area contributed by atoms with Crippen molar-refractivity contribution >= 4 is 22.8 Å². The van der Waals surface area contributed by atoms with Crippen LogP contribution in [0.5, 0.6) is 0 Å². The van der Waals surface area contributed by atoms with Crippen molar-refractivity contribution in [1.29, 1.82) is 0 Å². The first-order chi connectivity index (χ1) is 11.6. The number of carbonyl (C=O) groups is 1. The lowest BCUT2D eigenvalue weighted by Crippen LogP contribution is -2.51. The van der Waals surface area contributed by atoms with E-state index in [2.05, 4.69) is 10.3 Å². The van der Waals surface area contributed by atoms with Gasteiger partial charge in [-0.2, -0.15) is 0 Å². The quantitative estimate of drug-likeness (QED) is 0.883. The molecule has 2 aromatic rings. The van der Waals surface area contributed by atoms with Gasteiger partial charge in [-0.25, -0.2) is 4.98 Å². The monoisotopic (exact) mass is 328 g/mol. The molecular weight excluding hydrogens is 308 g/mol. The topological polar surface area (TPSA) is 76.5 Å². The summed E-state index contributed by atoms with van der Waals surface area (Å²) in [5, 5.41) is 3.57. The van der Waals surface area contributed by atoms with Crippen LogP contribution in [0.1, 0.15) is 12.8 Å². The molecule has 2 fully saturated rings. The molecule has 2 aliphatic rings. The summed E-state index contributed by atoms with van der Waals surface area (Å²) in [4.78, 5) is 31.4. The van der Waals surface area contributed by atoms with Crippen LogP contribution in [0.3, 0.4) is 0 Å². The Morgan fingerprint density at radius 3 is 2.92 bits per heavy atom. The first kappa shape index (κ1) is 15.1. The highest BCUT2D eigenvalue weighted by atomic mass is 16.5. The van der Waals surface area contributed by atoms with Crippen LogP contribution in [0.4, 0.5) is 5.95 Å². The molecule has 1 saturated heterocycles. The largest absolute Gasteiger partial charge is 0.365 e. The zero-order chi connectivity index (χ0) is 16.7. The number of hydrogen-bond donors (Lipinski definition) is 1. The van der Waals surface area contributed by atoms with Crippen LogP contribution >= 0.6 is 0 Å². The van der Waals surface area contributed by atoms with E-state index in [0.717, 1.165) is 12.8 Å². The van der Waals surface area contributed by atoms with E-state index in [-0.39, 0.29) is 11.5 Å². The Hall–Kier alpha value is -2.41. The molecule has 0 spiro atoms. The van der Waals surface area contributed by atoms with Crippen molar-refractivity contribution in [3.8, 4) is 0 Å². The van der Waals surface area contributed by atoms with Crippen molar-refractivity contribution in [2.24, 2.45) is 7.05 Å². The minimum absolute atomic E-state index is 0.0759. The Morgan fingerprint density at radius 2 is 2.12 bits per heavy atom. The van der Waals surface area contributed by atoms with Gasteiger partial charge in [-0.1, -0.05) is 12.1 Å². The van der Waals surface area contributed by atoms with Gasteiger partial charge in [-0.05, 0) is 25.0 Å². The number of anilines is 1. The maximum atomic E-state index is 12.5. The summed E-state index contributed by atoms with van der Waals surface area (Å²) in [7, 11) is 1.71. The van der Waals surface area contributed by atoms with Crippen LogP contribution in [0.25, 0.3) is 10.9 Å². The predicted molar refractivity (Wildman–Crippen MR) is 90.1 cm³/mol. The standard InChI is InChI=1S/C17H20N4O3/c1-20-16(23)12-4-2-3-5-13(12)19-17(20)21-8-9-24-14(10-21)15(22)18-11-6-7-11/h2-5,11,14H,6-10H2,1H3,(H,18,22). The smallest absolute Gasteiger partial charge is 0.262 e. The lowest BCUT2D eigenvalue weighted by atomic mass is 10.2. The summed E-state index contributed by atoms with van der Waals surface area (Å²) >= 11 is 0. The number of benzene rings is 1. The van der Waals surface area contributed by atoms with Crippen molar-refractivity contribution in [2.75, 3.05) is 24.6 Å². The van der Waals surface area contributed by atoms with Gasteiger partial charge in [0.2, 0.25) is 5.95 Å². The van der Waals surface area contributed by atoms with E-state index in [1.807, 2.05) is 23.1 Å². The molecule has 126 valence electrons. The van der Waals surface area contributed by atoms with Crippen LogP contribution in [0.15, 0.2) is 29.1 Å². The molecule has 24 heavy (non-hydrogen) atoms. The van der Waals surface area contributed by atoms with Crippen LogP contribution in [0.2, 0.25) is 0 Å². The molecule has 1 aliphatic heterocycles. The van der Waals surface area contributed by atoms with E-state index >= 15 is 0 Å². The van der Waals surface area contributed by atoms with Crippen molar-refractivity contribution < 1.29 is 9.53 Å². The van der Waals surface area contributed by atoms with Gasteiger partial charge in [0.15, 0.2) is 6.10 Å². The molecule has 0 radical (unpaired) electrons. The maximum absolute atomic E-state index is 12.5. The minimum atomic E-state index is -0.525. The number of rotatable bonds is 3. The highest BCUT2D eigenvalue weighted by Crippen LogP contribution is 2.20. The molecule has 1 aromatic heterocycles. The molecule has 1 unspecified atom stereocenters. The molecule has 7 heteroatoms. The maximum Gasteiger partial charge on any atom is 0.262 e. The highest BCUT2D eigenvalue weighted by molar-refractivity contribution is 5.82. The van der Waals surface area contributed by atoms with E-state index < -0.39 is 6.10 Å². The normalized spacial score (nSPS) is 21.0. The van der Waals surface area contributed by atoms with E-state index in [9.17, 15) is 9.59 Å². The Labute approximate surface area is 139 Å². The first-order valence-electron chi connectivity index (χ1n) is 8.26. The second-order valence-corrected chi connectivity index (χ2v) is 6.38. The lowest BCUT2D eigenvalue weighted by molar-refractivity contribution is -0.133. The first-order valence-corrected chi connectivity index (χ1v) is 8.26. The summed E-state index contributed by atoms with van der Waals surface area (Å²) < 4.78 is 7.15. The summed E-state index contributed by atoms with van der Waals surface area (Å²) in [6.07, 6.45) is 1.56. The van der Waals surface area contributed by atoms with Crippen LogP contribution in [-0.2, 0) is 16.6 Å². The Morgan fingerprint density at radius 1 is 1.33 bits per heavy atom. The van der Waals surface area contributed by atoms with Gasteiger partial charge in [-0.3, -0.25) is 14.2 Å². The number of nitrogens with zero attached hydrogens (tertiary/aromatic N) is 3. The van der Waals surface area contributed by atoms with Gasteiger partial charge < -0.3 is 15.0 Å². The fourth-order valence-corrected chi connectivity index (χ4v) is 3.00. The molecule has 7 nitrogen and oxygen atoms in total. The molecule has 1 atom stereocenters. The molecule has 1 aliphatic carbocycles.